The smallest absolute Gasteiger partial charge is 0.336 e. The number of methoxy groups -OCH3 is 1. The van der Waals surface area contributed by atoms with Crippen LogP contribution in [0.25, 0.3) is 0 Å². The summed E-state index contributed by atoms with van der Waals surface area (Å²) >= 11 is 0. The highest BCUT2D eigenvalue weighted by Crippen LogP contribution is 2.28. The number of fused-ring (bicyclic) bond motifs is 1. The van der Waals surface area contributed by atoms with Gasteiger partial charge in [0.15, 0.2) is 0 Å². The molecule has 1 aromatic carbocycles. The number of aryl methyl sites for hydroxylation is 1. The first kappa shape index (κ1) is 24.0. The van der Waals surface area contributed by atoms with E-state index in [9.17, 15) is 13.2 Å². The van der Waals surface area contributed by atoms with Crippen LogP contribution in [0.3, 0.4) is 0 Å². The maximum Gasteiger partial charge on any atom is 0.336 e. The number of hydrogen-bond acceptors (Lipinski definition) is 5. The highest BCUT2D eigenvalue weighted by molar-refractivity contribution is 7.83. The lowest BCUT2D eigenvalue weighted by molar-refractivity contribution is -0.134. The van der Waals surface area contributed by atoms with Crippen molar-refractivity contribution in [2.24, 2.45) is 0 Å². The molecule has 8 nitrogen and oxygen atoms in total. The van der Waals surface area contributed by atoms with Gasteiger partial charge in [-0.25, -0.2) is 0 Å². The summed E-state index contributed by atoms with van der Waals surface area (Å²) in [5.74, 6) is 0.673. The summed E-state index contributed by atoms with van der Waals surface area (Å²) in [7, 11) is -2.58. The van der Waals surface area contributed by atoms with E-state index in [1.807, 2.05) is 6.07 Å². The van der Waals surface area contributed by atoms with Crippen LogP contribution in [0.1, 0.15) is 43.7 Å². The SMILES string of the molecule is CCCN(CCCCN1CCN(S(=O)(=O)O)CC1=O)C1CCc2ccc(OC)cc2C1. The van der Waals surface area contributed by atoms with E-state index in [-0.39, 0.29) is 19.0 Å². The van der Waals surface area contributed by atoms with Crippen LogP contribution in [0.2, 0.25) is 0 Å². The Balaban J connectivity index is 1.47. The molecule has 174 valence electrons. The Kier molecular flexibility index (Phi) is 8.32. The number of hydrogen-bond donors (Lipinski definition) is 1. The van der Waals surface area contributed by atoms with Gasteiger partial charge in [-0.3, -0.25) is 9.35 Å². The molecule has 0 bridgehead atoms. The number of rotatable bonds is 10. The van der Waals surface area contributed by atoms with Gasteiger partial charge in [0.25, 0.3) is 0 Å². The average Bonchev–Trinajstić information content (AvgIpc) is 2.75. The molecule has 1 atom stereocenters. The van der Waals surface area contributed by atoms with E-state index in [2.05, 4.69) is 24.0 Å². The molecule has 1 amide bonds. The minimum absolute atomic E-state index is 0.150. The monoisotopic (exact) mass is 453 g/mol. The number of amides is 1. The van der Waals surface area contributed by atoms with Crippen LogP contribution in [0.15, 0.2) is 18.2 Å². The van der Waals surface area contributed by atoms with E-state index < -0.39 is 10.3 Å². The van der Waals surface area contributed by atoms with Crippen LogP contribution in [0, 0.1) is 0 Å². The highest BCUT2D eigenvalue weighted by atomic mass is 32.2. The largest absolute Gasteiger partial charge is 0.497 e. The minimum atomic E-state index is -4.29. The van der Waals surface area contributed by atoms with Gasteiger partial charge in [0.1, 0.15) is 5.75 Å². The molecule has 1 aliphatic heterocycles. The number of nitrogens with zero attached hydrogens (tertiary/aromatic N) is 3. The molecule has 1 aliphatic carbocycles. The van der Waals surface area contributed by atoms with Gasteiger partial charge >= 0.3 is 10.3 Å². The van der Waals surface area contributed by atoms with Crippen molar-refractivity contribution in [1.82, 2.24) is 14.1 Å². The number of carbonyl (C=O) groups excluding carboxylic acids is 1. The van der Waals surface area contributed by atoms with Gasteiger partial charge in [-0.15, -0.1) is 0 Å². The van der Waals surface area contributed by atoms with Crippen molar-refractivity contribution in [3.63, 3.8) is 0 Å². The lowest BCUT2D eigenvalue weighted by atomic mass is 9.87. The average molecular weight is 454 g/mol. The van der Waals surface area contributed by atoms with Crippen LogP contribution >= 0.6 is 0 Å². The first-order valence-electron chi connectivity index (χ1n) is 11.2. The Labute approximate surface area is 186 Å². The molecule has 1 N–H and O–H groups in total. The van der Waals surface area contributed by atoms with Crippen molar-refractivity contribution in [2.75, 3.05) is 46.4 Å². The topological polar surface area (TPSA) is 90.4 Å². The molecule has 0 saturated carbocycles. The van der Waals surface area contributed by atoms with Crippen molar-refractivity contribution in [3.05, 3.63) is 29.3 Å². The summed E-state index contributed by atoms with van der Waals surface area (Å²) in [6.07, 6.45) is 6.29. The lowest BCUT2D eigenvalue weighted by Gasteiger charge is -2.36. The Morgan fingerprint density at radius 2 is 2.00 bits per heavy atom. The molecular formula is C22H35N3O5S. The second-order valence-electron chi connectivity index (χ2n) is 8.47. The minimum Gasteiger partial charge on any atom is -0.497 e. The normalized spacial score (nSPS) is 20.2. The fourth-order valence-corrected chi connectivity index (χ4v) is 5.24. The molecule has 0 spiro atoms. The zero-order valence-electron chi connectivity index (χ0n) is 18.6. The lowest BCUT2D eigenvalue weighted by Crippen LogP contribution is -2.52. The van der Waals surface area contributed by atoms with Crippen molar-refractivity contribution < 1.29 is 22.5 Å². The summed E-state index contributed by atoms with van der Waals surface area (Å²) in [6.45, 7) is 5.11. The third-order valence-electron chi connectivity index (χ3n) is 6.38. The molecule has 9 heteroatoms. The van der Waals surface area contributed by atoms with Gasteiger partial charge in [-0.05, 0) is 74.9 Å². The zero-order valence-corrected chi connectivity index (χ0v) is 19.4. The molecule has 3 rings (SSSR count). The van der Waals surface area contributed by atoms with Gasteiger partial charge in [0.2, 0.25) is 5.91 Å². The number of unbranched alkanes of at least 4 members (excludes halogenated alkanes) is 1. The van der Waals surface area contributed by atoms with Gasteiger partial charge < -0.3 is 14.5 Å². The highest BCUT2D eigenvalue weighted by Gasteiger charge is 2.30. The zero-order chi connectivity index (χ0) is 22.4. The van der Waals surface area contributed by atoms with Crippen LogP contribution in [0.4, 0.5) is 0 Å². The van der Waals surface area contributed by atoms with Gasteiger partial charge in [0.05, 0.1) is 13.7 Å². The third kappa shape index (κ3) is 6.41. The molecule has 1 saturated heterocycles. The summed E-state index contributed by atoms with van der Waals surface area (Å²) < 4.78 is 37.7. The van der Waals surface area contributed by atoms with Crippen molar-refractivity contribution >= 4 is 16.2 Å². The van der Waals surface area contributed by atoms with E-state index >= 15 is 0 Å². The molecule has 2 aliphatic rings. The third-order valence-corrected chi connectivity index (χ3v) is 7.34. The molecule has 1 unspecified atom stereocenters. The molecule has 0 radical (unpaired) electrons. The van der Waals surface area contributed by atoms with Crippen LogP contribution in [0.5, 0.6) is 5.75 Å². The Hall–Kier alpha value is -1.68. The first-order valence-corrected chi connectivity index (χ1v) is 12.6. The summed E-state index contributed by atoms with van der Waals surface area (Å²) in [5, 5.41) is 0. The standard InChI is InChI=1S/C22H35N3O5S/c1-3-10-23(20-8-6-18-7-9-21(30-2)16-19(18)15-20)11-4-5-12-24-13-14-25(17-22(24)26)31(27,28)29/h7,9,16,20H,3-6,8,10-15,17H2,1-2H3,(H,27,28,29). The number of piperazine rings is 1. The second-order valence-corrected chi connectivity index (χ2v) is 9.88. The summed E-state index contributed by atoms with van der Waals surface area (Å²) in [5.41, 5.74) is 2.81. The molecule has 1 heterocycles. The van der Waals surface area contributed by atoms with E-state index in [0.717, 1.165) is 61.7 Å². The van der Waals surface area contributed by atoms with Crippen molar-refractivity contribution in [2.45, 2.75) is 51.5 Å². The predicted molar refractivity (Wildman–Crippen MR) is 120 cm³/mol. The van der Waals surface area contributed by atoms with Crippen molar-refractivity contribution in [1.29, 1.82) is 0 Å². The van der Waals surface area contributed by atoms with Gasteiger partial charge in [0, 0.05) is 25.7 Å². The number of ether oxygens (including phenoxy) is 1. The Morgan fingerprint density at radius 3 is 2.68 bits per heavy atom. The van der Waals surface area contributed by atoms with Crippen LogP contribution in [-0.2, 0) is 27.9 Å². The van der Waals surface area contributed by atoms with E-state index in [0.29, 0.717) is 19.1 Å². The van der Waals surface area contributed by atoms with Gasteiger partial charge in [-0.1, -0.05) is 13.0 Å². The summed E-state index contributed by atoms with van der Waals surface area (Å²) in [4.78, 5) is 16.5. The second kappa shape index (κ2) is 10.8. The van der Waals surface area contributed by atoms with Crippen LogP contribution in [-0.4, -0.2) is 85.4 Å². The molecule has 0 aromatic heterocycles. The molecule has 31 heavy (non-hydrogen) atoms. The summed E-state index contributed by atoms with van der Waals surface area (Å²) in [6, 6.07) is 6.93. The van der Waals surface area contributed by atoms with Crippen LogP contribution < -0.4 is 4.74 Å². The molecule has 1 fully saturated rings. The predicted octanol–water partition coefficient (Wildman–Crippen LogP) is 1.99. The number of carbonyl (C=O) groups is 1. The fraction of sp³-hybridized carbons (Fsp3) is 0.682. The van der Waals surface area contributed by atoms with E-state index in [1.54, 1.807) is 12.0 Å². The maximum absolute atomic E-state index is 12.2. The van der Waals surface area contributed by atoms with Gasteiger partial charge in [-0.2, -0.15) is 12.7 Å². The van der Waals surface area contributed by atoms with E-state index in [1.165, 1.54) is 11.1 Å². The number of benzene rings is 1. The quantitative estimate of drug-likeness (QED) is 0.430. The molecular weight excluding hydrogens is 418 g/mol. The maximum atomic E-state index is 12.2. The first-order chi connectivity index (χ1) is 14.8. The fourth-order valence-electron chi connectivity index (χ4n) is 4.65. The Bertz CT molecular complexity index is 861. The molecule has 1 aromatic rings. The Morgan fingerprint density at radius 1 is 1.19 bits per heavy atom. The van der Waals surface area contributed by atoms with Crippen molar-refractivity contribution in [3.8, 4) is 5.75 Å². The van der Waals surface area contributed by atoms with E-state index in [4.69, 9.17) is 9.29 Å².